The van der Waals surface area contributed by atoms with E-state index >= 15 is 0 Å². The summed E-state index contributed by atoms with van der Waals surface area (Å²) in [5.74, 6) is 0.784. The summed E-state index contributed by atoms with van der Waals surface area (Å²) in [7, 11) is 0. The summed E-state index contributed by atoms with van der Waals surface area (Å²) in [5.41, 5.74) is 1.84. The predicted molar refractivity (Wildman–Crippen MR) is 82.7 cm³/mol. The maximum atomic E-state index is 11.7. The van der Waals surface area contributed by atoms with Crippen molar-refractivity contribution in [3.05, 3.63) is 52.3 Å². The van der Waals surface area contributed by atoms with Crippen LogP contribution in [0.15, 0.2) is 45.9 Å². The van der Waals surface area contributed by atoms with Gasteiger partial charge in [0.15, 0.2) is 0 Å². The molecule has 19 heavy (non-hydrogen) atoms. The molecule has 0 saturated carbocycles. The van der Waals surface area contributed by atoms with Crippen LogP contribution in [-0.4, -0.2) is 23.2 Å². The van der Waals surface area contributed by atoms with Crippen LogP contribution >= 0.6 is 27.7 Å². The number of hydrogen-bond donors (Lipinski definition) is 2. The first-order valence-electron chi connectivity index (χ1n) is 5.97. The molecule has 0 fully saturated rings. The fraction of sp³-hybridized carbons (Fsp3) is 0.214. The number of aromatic nitrogens is 1. The van der Waals surface area contributed by atoms with Crippen molar-refractivity contribution in [1.82, 2.24) is 10.3 Å². The van der Waals surface area contributed by atoms with Crippen LogP contribution in [-0.2, 0) is 0 Å². The molecule has 0 bridgehead atoms. The normalized spacial score (nSPS) is 10.4. The zero-order valence-corrected chi connectivity index (χ0v) is 13.0. The zero-order chi connectivity index (χ0) is 13.7. The number of nitrogens with one attached hydrogen (secondary N) is 2. The molecule has 0 unspecified atom stereocenters. The minimum atomic E-state index is -0.0739. The fourth-order valence-electron chi connectivity index (χ4n) is 1.56. The average molecular weight is 339 g/mol. The van der Waals surface area contributed by atoms with E-state index in [4.69, 9.17) is 0 Å². The van der Waals surface area contributed by atoms with Gasteiger partial charge in [0.1, 0.15) is 5.69 Å². The average Bonchev–Trinajstić information content (AvgIpc) is 2.83. The van der Waals surface area contributed by atoms with Crippen molar-refractivity contribution in [1.29, 1.82) is 0 Å². The molecule has 3 nitrogen and oxygen atoms in total. The molecule has 2 aromatic rings. The number of aromatic amines is 1. The maximum absolute atomic E-state index is 11.7. The van der Waals surface area contributed by atoms with Crippen molar-refractivity contribution in [2.75, 3.05) is 12.3 Å². The van der Waals surface area contributed by atoms with E-state index < -0.39 is 0 Å². The van der Waals surface area contributed by atoms with Gasteiger partial charge in [-0.2, -0.15) is 0 Å². The summed E-state index contributed by atoms with van der Waals surface area (Å²) in [6.07, 6.45) is 1.75. The number of aryl methyl sites for hydroxylation is 1. The highest BCUT2D eigenvalue weighted by atomic mass is 79.9. The number of hydrogen-bond acceptors (Lipinski definition) is 2. The Hall–Kier alpha value is -1.20. The summed E-state index contributed by atoms with van der Waals surface area (Å²) in [5, 5.41) is 2.88. The van der Waals surface area contributed by atoms with E-state index in [-0.39, 0.29) is 5.91 Å². The van der Waals surface area contributed by atoms with Crippen LogP contribution in [0.4, 0.5) is 0 Å². The molecule has 100 valence electrons. The number of benzene rings is 1. The van der Waals surface area contributed by atoms with Crippen molar-refractivity contribution in [2.24, 2.45) is 0 Å². The van der Waals surface area contributed by atoms with Gasteiger partial charge >= 0.3 is 0 Å². The van der Waals surface area contributed by atoms with Crippen molar-refractivity contribution in [3.8, 4) is 0 Å². The molecule has 1 aromatic heterocycles. The first-order valence-corrected chi connectivity index (χ1v) is 7.74. The van der Waals surface area contributed by atoms with E-state index in [2.05, 4.69) is 57.4 Å². The standard InChI is InChI=1S/C14H15BrN2OS/c1-10-2-4-12(5-3-10)19-7-6-16-14(18)13-8-11(15)9-17-13/h2-5,8-9,17H,6-7H2,1H3,(H,16,18). The monoisotopic (exact) mass is 338 g/mol. The summed E-state index contributed by atoms with van der Waals surface area (Å²) in [6, 6.07) is 10.2. The minimum absolute atomic E-state index is 0.0739. The Morgan fingerprint density at radius 2 is 2.11 bits per heavy atom. The number of carbonyl (C=O) groups excluding carboxylic acids is 1. The second-order valence-electron chi connectivity index (χ2n) is 4.15. The van der Waals surface area contributed by atoms with Crippen LogP contribution in [0.3, 0.4) is 0 Å². The lowest BCUT2D eigenvalue weighted by atomic mass is 10.2. The third kappa shape index (κ3) is 4.44. The van der Waals surface area contributed by atoms with Crippen molar-refractivity contribution in [2.45, 2.75) is 11.8 Å². The van der Waals surface area contributed by atoms with E-state index in [1.807, 2.05) is 0 Å². The number of amides is 1. The molecule has 0 radical (unpaired) electrons. The van der Waals surface area contributed by atoms with Gasteiger partial charge < -0.3 is 10.3 Å². The largest absolute Gasteiger partial charge is 0.356 e. The summed E-state index contributed by atoms with van der Waals surface area (Å²) in [6.45, 7) is 2.72. The van der Waals surface area contributed by atoms with E-state index in [1.54, 1.807) is 24.0 Å². The van der Waals surface area contributed by atoms with Gasteiger partial charge in [0.05, 0.1) is 0 Å². The maximum Gasteiger partial charge on any atom is 0.267 e. The van der Waals surface area contributed by atoms with E-state index in [0.29, 0.717) is 12.2 Å². The number of thioether (sulfide) groups is 1. The Morgan fingerprint density at radius 3 is 2.74 bits per heavy atom. The van der Waals surface area contributed by atoms with Crippen molar-refractivity contribution >= 4 is 33.6 Å². The van der Waals surface area contributed by atoms with Crippen LogP contribution in [0, 0.1) is 6.92 Å². The van der Waals surface area contributed by atoms with Crippen LogP contribution in [0.5, 0.6) is 0 Å². The Balaban J connectivity index is 1.72. The Labute approximate surface area is 125 Å². The summed E-state index contributed by atoms with van der Waals surface area (Å²) in [4.78, 5) is 15.9. The highest BCUT2D eigenvalue weighted by Gasteiger charge is 2.06. The molecule has 0 aliphatic rings. The second kappa shape index (κ2) is 6.82. The lowest BCUT2D eigenvalue weighted by molar-refractivity contribution is 0.0952. The molecular formula is C14H15BrN2OS. The van der Waals surface area contributed by atoms with Gasteiger partial charge in [-0.1, -0.05) is 17.7 Å². The first kappa shape index (κ1) is 14.2. The molecule has 2 rings (SSSR count). The van der Waals surface area contributed by atoms with Gasteiger partial charge in [-0.15, -0.1) is 11.8 Å². The molecule has 0 atom stereocenters. The molecule has 2 N–H and O–H groups in total. The fourth-order valence-corrected chi connectivity index (χ4v) is 2.67. The lowest BCUT2D eigenvalue weighted by Gasteiger charge is -2.04. The van der Waals surface area contributed by atoms with Gasteiger partial charge in [-0.25, -0.2) is 0 Å². The van der Waals surface area contributed by atoms with E-state index in [9.17, 15) is 4.79 Å². The number of halogens is 1. The molecule has 0 aliphatic carbocycles. The molecule has 5 heteroatoms. The van der Waals surface area contributed by atoms with Gasteiger partial charge in [0.25, 0.3) is 5.91 Å². The van der Waals surface area contributed by atoms with Gasteiger partial charge in [0, 0.05) is 27.9 Å². The third-order valence-electron chi connectivity index (χ3n) is 2.57. The summed E-state index contributed by atoms with van der Waals surface area (Å²) < 4.78 is 0.881. The Morgan fingerprint density at radius 1 is 1.37 bits per heavy atom. The molecular weight excluding hydrogens is 324 g/mol. The highest BCUT2D eigenvalue weighted by molar-refractivity contribution is 9.10. The van der Waals surface area contributed by atoms with Gasteiger partial charge in [0.2, 0.25) is 0 Å². The lowest BCUT2D eigenvalue weighted by Crippen LogP contribution is -2.25. The van der Waals surface area contributed by atoms with Crippen LogP contribution in [0.2, 0.25) is 0 Å². The molecule has 0 spiro atoms. The molecule has 1 aromatic carbocycles. The third-order valence-corrected chi connectivity index (χ3v) is 4.04. The Bertz CT molecular complexity index is 551. The number of H-pyrrole nitrogens is 1. The van der Waals surface area contributed by atoms with Crippen molar-refractivity contribution < 1.29 is 4.79 Å². The molecule has 0 saturated heterocycles. The van der Waals surface area contributed by atoms with Crippen LogP contribution in [0.25, 0.3) is 0 Å². The summed E-state index contributed by atoms with van der Waals surface area (Å²) >= 11 is 5.04. The van der Waals surface area contributed by atoms with E-state index in [1.165, 1.54) is 10.5 Å². The smallest absolute Gasteiger partial charge is 0.267 e. The van der Waals surface area contributed by atoms with Crippen LogP contribution < -0.4 is 5.32 Å². The zero-order valence-electron chi connectivity index (χ0n) is 10.6. The SMILES string of the molecule is Cc1ccc(SCCNC(=O)c2cc(Br)c[nH]2)cc1. The molecule has 0 aliphatic heterocycles. The van der Waals surface area contributed by atoms with Gasteiger partial charge in [-0.3, -0.25) is 4.79 Å². The minimum Gasteiger partial charge on any atom is -0.356 e. The highest BCUT2D eigenvalue weighted by Crippen LogP contribution is 2.17. The molecule has 1 amide bonds. The van der Waals surface area contributed by atoms with Crippen LogP contribution in [0.1, 0.15) is 16.1 Å². The Kier molecular flexibility index (Phi) is 5.10. The number of rotatable bonds is 5. The quantitative estimate of drug-likeness (QED) is 0.646. The first-order chi connectivity index (χ1) is 9.15. The number of carbonyl (C=O) groups is 1. The topological polar surface area (TPSA) is 44.9 Å². The molecule has 1 heterocycles. The van der Waals surface area contributed by atoms with Gasteiger partial charge in [-0.05, 0) is 41.1 Å². The van der Waals surface area contributed by atoms with Crippen molar-refractivity contribution in [3.63, 3.8) is 0 Å². The predicted octanol–water partition coefficient (Wildman–Crippen LogP) is 3.61. The second-order valence-corrected chi connectivity index (χ2v) is 6.23. The van der Waals surface area contributed by atoms with E-state index in [0.717, 1.165) is 10.2 Å².